The maximum atomic E-state index is 12.0. The Bertz CT molecular complexity index is 659. The average molecular weight is 268 g/mol. The normalized spacial score (nSPS) is 11.4. The van der Waals surface area contributed by atoms with Gasteiger partial charge in [0.15, 0.2) is 16.6 Å². The van der Waals surface area contributed by atoms with E-state index in [1.54, 1.807) is 18.5 Å². The maximum absolute atomic E-state index is 12.0. The molecule has 0 spiro atoms. The lowest BCUT2D eigenvalue weighted by Gasteiger charge is -2.05. The number of rotatable bonds is 3. The van der Waals surface area contributed by atoms with Crippen molar-refractivity contribution in [1.82, 2.24) is 14.5 Å². The van der Waals surface area contributed by atoms with Gasteiger partial charge in [0.2, 0.25) is 0 Å². The predicted octanol–water partition coefficient (Wildman–Crippen LogP) is 0.630. The minimum absolute atomic E-state index is 0.118. The summed E-state index contributed by atoms with van der Waals surface area (Å²) in [6.07, 6.45) is 2.76. The first kappa shape index (κ1) is 12.4. The molecule has 0 atom stereocenters. The molecule has 0 unspecified atom stereocenters. The summed E-state index contributed by atoms with van der Waals surface area (Å²) in [5.74, 6) is 0.204. The van der Waals surface area contributed by atoms with Crippen molar-refractivity contribution in [1.29, 1.82) is 0 Å². The Morgan fingerprint density at radius 2 is 2.17 bits per heavy atom. The van der Waals surface area contributed by atoms with Crippen molar-refractivity contribution in [3.05, 3.63) is 30.4 Å². The Kier molecular flexibility index (Phi) is 2.95. The molecule has 0 amide bonds. The average Bonchev–Trinajstić information content (AvgIpc) is 2.63. The SMILES string of the molecule is Cc1nc(S(=O)(=O)Nc2ncccc2O)cn1C. The number of imidazole rings is 1. The third kappa shape index (κ3) is 2.28. The van der Waals surface area contributed by atoms with Crippen molar-refractivity contribution in [2.75, 3.05) is 4.72 Å². The Morgan fingerprint density at radius 3 is 2.72 bits per heavy atom. The molecule has 0 aromatic carbocycles. The third-order valence-electron chi connectivity index (χ3n) is 2.38. The number of sulfonamides is 1. The van der Waals surface area contributed by atoms with Crippen molar-refractivity contribution < 1.29 is 13.5 Å². The molecule has 0 saturated carbocycles. The Morgan fingerprint density at radius 1 is 1.44 bits per heavy atom. The van der Waals surface area contributed by atoms with E-state index in [1.165, 1.54) is 24.5 Å². The van der Waals surface area contributed by atoms with Crippen LogP contribution < -0.4 is 4.72 Å². The van der Waals surface area contributed by atoms with Crippen LogP contribution in [0, 0.1) is 6.92 Å². The highest BCUT2D eigenvalue weighted by Gasteiger charge is 2.20. The summed E-state index contributed by atoms with van der Waals surface area (Å²) in [5.41, 5.74) is 0. The summed E-state index contributed by atoms with van der Waals surface area (Å²) < 4.78 is 27.7. The fourth-order valence-electron chi connectivity index (χ4n) is 1.31. The molecule has 2 N–H and O–H groups in total. The molecule has 7 nitrogen and oxygen atoms in total. The molecule has 18 heavy (non-hydrogen) atoms. The third-order valence-corrected chi connectivity index (χ3v) is 3.59. The predicted molar refractivity (Wildman–Crippen MR) is 64.7 cm³/mol. The van der Waals surface area contributed by atoms with Crippen molar-refractivity contribution >= 4 is 15.8 Å². The zero-order valence-electron chi connectivity index (χ0n) is 9.82. The number of aromatic nitrogens is 3. The van der Waals surface area contributed by atoms with E-state index >= 15 is 0 Å². The van der Waals surface area contributed by atoms with Crippen LogP contribution in [0.25, 0.3) is 0 Å². The maximum Gasteiger partial charge on any atom is 0.282 e. The highest BCUT2D eigenvalue weighted by atomic mass is 32.2. The Labute approximate surface area is 104 Å². The molecule has 0 saturated heterocycles. The smallest absolute Gasteiger partial charge is 0.282 e. The molecule has 8 heteroatoms. The van der Waals surface area contributed by atoms with Gasteiger partial charge in [-0.1, -0.05) is 0 Å². The van der Waals surface area contributed by atoms with Gasteiger partial charge in [-0.3, -0.25) is 4.72 Å². The van der Waals surface area contributed by atoms with Crippen LogP contribution >= 0.6 is 0 Å². The topological polar surface area (TPSA) is 97.1 Å². The van der Waals surface area contributed by atoms with Gasteiger partial charge in [-0.2, -0.15) is 8.42 Å². The molecule has 0 aliphatic rings. The van der Waals surface area contributed by atoms with Gasteiger partial charge < -0.3 is 9.67 Å². The quantitative estimate of drug-likeness (QED) is 0.851. The number of anilines is 1. The van der Waals surface area contributed by atoms with E-state index in [-0.39, 0.29) is 16.6 Å². The molecule has 0 fully saturated rings. The molecule has 2 aromatic rings. The standard InChI is InChI=1S/C10H12N4O3S/c1-7-12-9(6-14(7)2)18(16,17)13-10-8(15)4-3-5-11-10/h3-6,15H,1-2H3,(H,11,13). The molecule has 0 bridgehead atoms. The Balaban J connectivity index is 2.36. The van der Waals surface area contributed by atoms with E-state index < -0.39 is 10.0 Å². The number of aryl methyl sites for hydroxylation is 2. The molecule has 0 aliphatic carbocycles. The molecule has 0 radical (unpaired) electrons. The van der Waals surface area contributed by atoms with E-state index in [2.05, 4.69) is 14.7 Å². The van der Waals surface area contributed by atoms with Gasteiger partial charge in [0.05, 0.1) is 0 Å². The first-order valence-electron chi connectivity index (χ1n) is 5.07. The zero-order valence-corrected chi connectivity index (χ0v) is 10.6. The van der Waals surface area contributed by atoms with E-state index in [4.69, 9.17) is 0 Å². The largest absolute Gasteiger partial charge is 0.504 e. The Hall–Kier alpha value is -2.09. The molecular formula is C10H12N4O3S. The van der Waals surface area contributed by atoms with Crippen LogP contribution in [0.5, 0.6) is 5.75 Å². The van der Waals surface area contributed by atoms with Crippen molar-refractivity contribution in [2.24, 2.45) is 7.05 Å². The lowest BCUT2D eigenvalue weighted by Crippen LogP contribution is -2.14. The molecule has 2 aromatic heterocycles. The van der Waals surface area contributed by atoms with Gasteiger partial charge in [-0.05, 0) is 19.1 Å². The van der Waals surface area contributed by atoms with Crippen LogP contribution in [0.2, 0.25) is 0 Å². The second-order valence-corrected chi connectivity index (χ2v) is 5.34. The lowest BCUT2D eigenvalue weighted by atomic mass is 10.4. The summed E-state index contributed by atoms with van der Waals surface area (Å²) >= 11 is 0. The van der Waals surface area contributed by atoms with E-state index in [0.29, 0.717) is 5.82 Å². The molecule has 2 rings (SSSR count). The summed E-state index contributed by atoms with van der Waals surface area (Å²) in [7, 11) is -2.15. The number of hydrogen-bond acceptors (Lipinski definition) is 5. The minimum atomic E-state index is -3.84. The second kappa shape index (κ2) is 4.30. The lowest BCUT2D eigenvalue weighted by molar-refractivity contribution is 0.475. The highest BCUT2D eigenvalue weighted by molar-refractivity contribution is 7.92. The van der Waals surface area contributed by atoms with E-state index in [0.717, 1.165) is 0 Å². The number of nitrogens with zero attached hydrogens (tertiary/aromatic N) is 3. The van der Waals surface area contributed by atoms with Crippen molar-refractivity contribution in [3.8, 4) is 5.75 Å². The van der Waals surface area contributed by atoms with Gasteiger partial charge in [-0.25, -0.2) is 9.97 Å². The number of hydrogen-bond donors (Lipinski definition) is 2. The number of nitrogens with one attached hydrogen (secondary N) is 1. The summed E-state index contributed by atoms with van der Waals surface area (Å²) in [5, 5.41) is 9.35. The van der Waals surface area contributed by atoms with E-state index in [1.807, 2.05) is 0 Å². The minimum Gasteiger partial charge on any atom is -0.504 e. The van der Waals surface area contributed by atoms with Crippen LogP contribution in [0.4, 0.5) is 5.82 Å². The zero-order chi connectivity index (χ0) is 13.3. The van der Waals surface area contributed by atoms with Crippen LogP contribution in [-0.2, 0) is 17.1 Å². The van der Waals surface area contributed by atoms with Gasteiger partial charge in [-0.15, -0.1) is 0 Å². The van der Waals surface area contributed by atoms with Crippen LogP contribution in [-0.4, -0.2) is 28.1 Å². The van der Waals surface area contributed by atoms with Gasteiger partial charge in [0.25, 0.3) is 10.0 Å². The molecule has 96 valence electrons. The van der Waals surface area contributed by atoms with Gasteiger partial charge in [0, 0.05) is 19.4 Å². The van der Waals surface area contributed by atoms with Gasteiger partial charge >= 0.3 is 0 Å². The first-order chi connectivity index (χ1) is 8.40. The van der Waals surface area contributed by atoms with Crippen molar-refractivity contribution in [3.63, 3.8) is 0 Å². The summed E-state index contributed by atoms with van der Waals surface area (Å²) in [4.78, 5) is 7.65. The second-order valence-electron chi connectivity index (χ2n) is 3.71. The van der Waals surface area contributed by atoms with Crippen LogP contribution in [0.1, 0.15) is 5.82 Å². The summed E-state index contributed by atoms with van der Waals surface area (Å²) in [6, 6.07) is 2.84. The highest BCUT2D eigenvalue weighted by Crippen LogP contribution is 2.21. The fourth-order valence-corrected chi connectivity index (χ4v) is 2.38. The van der Waals surface area contributed by atoms with E-state index in [9.17, 15) is 13.5 Å². The molecule has 0 aliphatic heterocycles. The summed E-state index contributed by atoms with van der Waals surface area (Å²) in [6.45, 7) is 1.69. The van der Waals surface area contributed by atoms with Gasteiger partial charge in [0.1, 0.15) is 5.82 Å². The molecule has 2 heterocycles. The monoisotopic (exact) mass is 268 g/mol. The van der Waals surface area contributed by atoms with Crippen LogP contribution in [0.3, 0.4) is 0 Å². The van der Waals surface area contributed by atoms with Crippen molar-refractivity contribution in [2.45, 2.75) is 11.9 Å². The number of aromatic hydroxyl groups is 1. The molecular weight excluding hydrogens is 256 g/mol. The first-order valence-corrected chi connectivity index (χ1v) is 6.55. The fraction of sp³-hybridized carbons (Fsp3) is 0.200. The number of pyridine rings is 1. The van der Waals surface area contributed by atoms with Crippen LogP contribution in [0.15, 0.2) is 29.6 Å².